The first-order valence-electron chi connectivity index (χ1n) is 3.12. The minimum atomic E-state index is 0.227. The topological polar surface area (TPSA) is 20.2 Å². The molecule has 0 spiro atoms. The van der Waals surface area contributed by atoms with Crippen LogP contribution in [-0.2, 0) is 0 Å². The second-order valence-electron chi connectivity index (χ2n) is 2.18. The smallest absolute Gasteiger partial charge is 0.0465 e. The van der Waals surface area contributed by atoms with Gasteiger partial charge in [-0.25, -0.2) is 0 Å². The normalized spacial score (nSPS) is 11.7. The standard InChI is InChI=1S/C8H14O/c1-7(2)8(3)5-4-6-9/h5,9H,1,4,6H2,2-3H3/b8-5-. The van der Waals surface area contributed by atoms with Crippen LogP contribution in [0, 0.1) is 0 Å². The maximum atomic E-state index is 8.42. The van der Waals surface area contributed by atoms with Gasteiger partial charge in [0.15, 0.2) is 0 Å². The van der Waals surface area contributed by atoms with Crippen LogP contribution in [0.1, 0.15) is 20.3 Å². The summed E-state index contributed by atoms with van der Waals surface area (Å²) in [6.07, 6.45) is 2.72. The molecule has 0 unspecified atom stereocenters. The van der Waals surface area contributed by atoms with Gasteiger partial charge in [-0.05, 0) is 20.3 Å². The highest BCUT2D eigenvalue weighted by Crippen LogP contribution is 2.04. The molecule has 0 saturated heterocycles. The Balaban J connectivity index is 3.69. The van der Waals surface area contributed by atoms with E-state index in [0.29, 0.717) is 0 Å². The van der Waals surface area contributed by atoms with Gasteiger partial charge in [-0.1, -0.05) is 23.8 Å². The molecule has 0 saturated carbocycles. The van der Waals surface area contributed by atoms with E-state index in [-0.39, 0.29) is 6.61 Å². The Hall–Kier alpha value is -0.560. The van der Waals surface area contributed by atoms with Crippen molar-refractivity contribution in [2.75, 3.05) is 6.61 Å². The van der Waals surface area contributed by atoms with Gasteiger partial charge in [0, 0.05) is 6.61 Å². The average Bonchev–Trinajstić information content (AvgIpc) is 1.82. The molecular formula is C8H14O. The SMILES string of the molecule is C=C(C)/C(C)=C\CCO. The quantitative estimate of drug-likeness (QED) is 0.572. The first kappa shape index (κ1) is 8.44. The van der Waals surface area contributed by atoms with Crippen LogP contribution in [0.25, 0.3) is 0 Å². The number of hydrogen-bond donors (Lipinski definition) is 1. The fourth-order valence-corrected chi connectivity index (χ4v) is 0.455. The molecule has 0 heterocycles. The molecule has 0 fully saturated rings. The molecule has 1 N–H and O–H groups in total. The van der Waals surface area contributed by atoms with Crippen molar-refractivity contribution in [1.29, 1.82) is 0 Å². The van der Waals surface area contributed by atoms with E-state index in [1.165, 1.54) is 5.57 Å². The lowest BCUT2D eigenvalue weighted by molar-refractivity contribution is 0.302. The third-order valence-corrected chi connectivity index (χ3v) is 1.25. The minimum Gasteiger partial charge on any atom is -0.396 e. The Morgan fingerprint density at radius 2 is 2.11 bits per heavy atom. The molecule has 52 valence electrons. The van der Waals surface area contributed by atoms with Crippen LogP contribution in [0.15, 0.2) is 23.8 Å². The van der Waals surface area contributed by atoms with Gasteiger partial charge in [-0.2, -0.15) is 0 Å². The Bertz CT molecular complexity index is 123. The zero-order valence-electron chi connectivity index (χ0n) is 6.15. The van der Waals surface area contributed by atoms with Gasteiger partial charge in [-0.3, -0.25) is 0 Å². The Labute approximate surface area is 56.7 Å². The molecule has 0 aliphatic rings. The summed E-state index contributed by atoms with van der Waals surface area (Å²) < 4.78 is 0. The molecular weight excluding hydrogens is 112 g/mol. The van der Waals surface area contributed by atoms with Gasteiger partial charge in [0.2, 0.25) is 0 Å². The molecule has 0 bridgehead atoms. The van der Waals surface area contributed by atoms with E-state index in [0.717, 1.165) is 12.0 Å². The molecule has 0 atom stereocenters. The van der Waals surface area contributed by atoms with E-state index in [1.54, 1.807) is 0 Å². The van der Waals surface area contributed by atoms with Crippen molar-refractivity contribution in [2.24, 2.45) is 0 Å². The third-order valence-electron chi connectivity index (χ3n) is 1.25. The Kier molecular flexibility index (Phi) is 4.06. The number of aliphatic hydroxyl groups is 1. The molecule has 0 rings (SSSR count). The highest BCUT2D eigenvalue weighted by atomic mass is 16.2. The Morgan fingerprint density at radius 1 is 1.56 bits per heavy atom. The van der Waals surface area contributed by atoms with Crippen molar-refractivity contribution in [3.05, 3.63) is 23.8 Å². The lowest BCUT2D eigenvalue weighted by Gasteiger charge is -1.95. The molecule has 0 aliphatic carbocycles. The maximum absolute atomic E-state index is 8.42. The van der Waals surface area contributed by atoms with Crippen molar-refractivity contribution in [3.8, 4) is 0 Å². The number of aliphatic hydroxyl groups excluding tert-OH is 1. The lowest BCUT2D eigenvalue weighted by Crippen LogP contribution is -1.80. The van der Waals surface area contributed by atoms with Crippen molar-refractivity contribution in [3.63, 3.8) is 0 Å². The van der Waals surface area contributed by atoms with Gasteiger partial charge in [0.05, 0.1) is 0 Å². The highest BCUT2D eigenvalue weighted by molar-refractivity contribution is 5.23. The second kappa shape index (κ2) is 4.33. The summed E-state index contributed by atoms with van der Waals surface area (Å²) in [6.45, 7) is 7.94. The van der Waals surface area contributed by atoms with Crippen LogP contribution in [0.3, 0.4) is 0 Å². The fourth-order valence-electron chi connectivity index (χ4n) is 0.455. The summed E-state index contributed by atoms with van der Waals surface area (Å²) in [5.74, 6) is 0. The third kappa shape index (κ3) is 3.98. The van der Waals surface area contributed by atoms with Crippen LogP contribution >= 0.6 is 0 Å². The number of hydrogen-bond acceptors (Lipinski definition) is 1. The molecule has 0 radical (unpaired) electrons. The van der Waals surface area contributed by atoms with Gasteiger partial charge >= 0.3 is 0 Å². The molecule has 0 aromatic carbocycles. The van der Waals surface area contributed by atoms with E-state index < -0.39 is 0 Å². The molecule has 1 heteroatoms. The van der Waals surface area contributed by atoms with Gasteiger partial charge in [-0.15, -0.1) is 0 Å². The van der Waals surface area contributed by atoms with Crippen LogP contribution < -0.4 is 0 Å². The summed E-state index contributed by atoms with van der Waals surface area (Å²) >= 11 is 0. The lowest BCUT2D eigenvalue weighted by atomic mass is 10.1. The van der Waals surface area contributed by atoms with Crippen molar-refractivity contribution in [2.45, 2.75) is 20.3 Å². The predicted octanol–water partition coefficient (Wildman–Crippen LogP) is 1.89. The summed E-state index contributed by atoms with van der Waals surface area (Å²) in [7, 11) is 0. The summed E-state index contributed by atoms with van der Waals surface area (Å²) in [5.41, 5.74) is 2.24. The zero-order valence-corrected chi connectivity index (χ0v) is 6.15. The van der Waals surface area contributed by atoms with Gasteiger partial charge < -0.3 is 5.11 Å². The monoisotopic (exact) mass is 126 g/mol. The summed E-state index contributed by atoms with van der Waals surface area (Å²) in [6, 6.07) is 0. The highest BCUT2D eigenvalue weighted by Gasteiger charge is 1.85. The zero-order chi connectivity index (χ0) is 7.28. The van der Waals surface area contributed by atoms with Crippen molar-refractivity contribution < 1.29 is 5.11 Å². The first-order chi connectivity index (χ1) is 4.18. The van der Waals surface area contributed by atoms with Crippen LogP contribution in [0.2, 0.25) is 0 Å². The van der Waals surface area contributed by atoms with Crippen LogP contribution in [0.4, 0.5) is 0 Å². The minimum absolute atomic E-state index is 0.227. The summed E-state index contributed by atoms with van der Waals surface area (Å²) in [5, 5.41) is 8.42. The Morgan fingerprint density at radius 3 is 2.44 bits per heavy atom. The van der Waals surface area contributed by atoms with Crippen molar-refractivity contribution in [1.82, 2.24) is 0 Å². The van der Waals surface area contributed by atoms with Gasteiger partial charge in [0.25, 0.3) is 0 Å². The molecule has 0 amide bonds. The van der Waals surface area contributed by atoms with Crippen LogP contribution in [-0.4, -0.2) is 11.7 Å². The number of rotatable bonds is 3. The number of allylic oxidation sites excluding steroid dienone is 2. The molecule has 0 aromatic heterocycles. The molecule has 9 heavy (non-hydrogen) atoms. The predicted molar refractivity (Wildman–Crippen MR) is 40.3 cm³/mol. The van der Waals surface area contributed by atoms with Crippen molar-refractivity contribution >= 4 is 0 Å². The second-order valence-corrected chi connectivity index (χ2v) is 2.18. The first-order valence-corrected chi connectivity index (χ1v) is 3.12. The van der Waals surface area contributed by atoms with Gasteiger partial charge in [0.1, 0.15) is 0 Å². The molecule has 0 aromatic rings. The largest absolute Gasteiger partial charge is 0.396 e. The molecule has 0 aliphatic heterocycles. The van der Waals surface area contributed by atoms with E-state index >= 15 is 0 Å². The van der Waals surface area contributed by atoms with E-state index in [9.17, 15) is 0 Å². The maximum Gasteiger partial charge on any atom is 0.0465 e. The average molecular weight is 126 g/mol. The summed E-state index contributed by atoms with van der Waals surface area (Å²) in [4.78, 5) is 0. The van der Waals surface area contributed by atoms with E-state index in [2.05, 4.69) is 6.58 Å². The van der Waals surface area contributed by atoms with E-state index in [1.807, 2.05) is 19.9 Å². The fraction of sp³-hybridized carbons (Fsp3) is 0.500. The van der Waals surface area contributed by atoms with Crippen LogP contribution in [0.5, 0.6) is 0 Å². The molecule has 1 nitrogen and oxygen atoms in total. The van der Waals surface area contributed by atoms with E-state index in [4.69, 9.17) is 5.11 Å².